The molecule has 0 radical (unpaired) electrons. The summed E-state index contributed by atoms with van der Waals surface area (Å²) in [5.41, 5.74) is 2.56. The van der Waals surface area contributed by atoms with Crippen LogP contribution in [0.1, 0.15) is 53.5 Å². The SMILES string of the molecule is CC1(C)C(c2ccc(C(=O)O)cc2)=CC[C@]2(C)CN(C(=O)c3cc(F)ccc3F)CC=C12. The molecule has 32 heavy (non-hydrogen) atoms. The van der Waals surface area contributed by atoms with Gasteiger partial charge in [0.15, 0.2) is 0 Å². The average molecular weight is 437 g/mol. The van der Waals surface area contributed by atoms with E-state index in [0.717, 1.165) is 29.3 Å². The first-order valence-electron chi connectivity index (χ1n) is 10.5. The number of fused-ring (bicyclic) bond motifs is 1. The molecule has 1 aliphatic heterocycles. The Labute approximate surface area is 185 Å². The summed E-state index contributed by atoms with van der Waals surface area (Å²) in [5, 5.41) is 9.16. The van der Waals surface area contributed by atoms with Crippen LogP contribution in [0.4, 0.5) is 8.78 Å². The molecule has 4 rings (SSSR count). The van der Waals surface area contributed by atoms with Crippen molar-refractivity contribution in [2.24, 2.45) is 10.8 Å². The van der Waals surface area contributed by atoms with Gasteiger partial charge in [0.05, 0.1) is 11.1 Å². The smallest absolute Gasteiger partial charge is 0.335 e. The van der Waals surface area contributed by atoms with Crippen LogP contribution in [0.3, 0.4) is 0 Å². The summed E-state index contributed by atoms with van der Waals surface area (Å²) in [4.78, 5) is 25.7. The highest BCUT2D eigenvalue weighted by atomic mass is 19.1. The first-order valence-corrected chi connectivity index (χ1v) is 10.5. The summed E-state index contributed by atoms with van der Waals surface area (Å²) in [6.45, 7) is 7.05. The van der Waals surface area contributed by atoms with Crippen LogP contribution < -0.4 is 0 Å². The summed E-state index contributed by atoms with van der Waals surface area (Å²) >= 11 is 0. The van der Waals surface area contributed by atoms with Crippen LogP contribution in [-0.4, -0.2) is 35.0 Å². The zero-order valence-electron chi connectivity index (χ0n) is 18.3. The lowest BCUT2D eigenvalue weighted by Crippen LogP contribution is -2.48. The minimum absolute atomic E-state index is 0.239. The van der Waals surface area contributed by atoms with Crippen LogP contribution in [0.5, 0.6) is 0 Å². The highest BCUT2D eigenvalue weighted by molar-refractivity contribution is 5.95. The molecule has 0 fully saturated rings. The summed E-state index contributed by atoms with van der Waals surface area (Å²) in [7, 11) is 0. The van der Waals surface area contributed by atoms with Crippen molar-refractivity contribution >= 4 is 17.4 Å². The molecule has 166 valence electrons. The monoisotopic (exact) mass is 437 g/mol. The predicted octanol–water partition coefficient (Wildman–Crippen LogP) is 5.57. The zero-order chi connectivity index (χ0) is 23.3. The number of carboxylic acid groups (broad SMARTS) is 1. The topological polar surface area (TPSA) is 57.6 Å². The second-order valence-corrected chi connectivity index (χ2v) is 9.32. The Morgan fingerprint density at radius 1 is 1.00 bits per heavy atom. The Morgan fingerprint density at radius 2 is 1.69 bits per heavy atom. The maximum absolute atomic E-state index is 14.2. The standard InChI is InChI=1S/C26H25F2NO3/c1-25(2)20(16-4-6-17(7-5-16)24(31)32)10-12-26(3)15-29(13-11-22(25)26)23(30)19-14-18(27)8-9-21(19)28/h4-11,14H,12-13,15H2,1-3H3,(H,31,32)/t26-/m1/s1. The van der Waals surface area contributed by atoms with E-state index in [1.54, 1.807) is 17.0 Å². The Balaban J connectivity index is 1.64. The van der Waals surface area contributed by atoms with E-state index in [0.29, 0.717) is 19.5 Å². The maximum atomic E-state index is 14.2. The number of carbonyl (C=O) groups is 2. The third-order valence-corrected chi connectivity index (χ3v) is 6.70. The maximum Gasteiger partial charge on any atom is 0.335 e. The molecule has 1 aliphatic carbocycles. The molecule has 1 atom stereocenters. The number of rotatable bonds is 3. The molecular formula is C26H25F2NO3. The van der Waals surface area contributed by atoms with Crippen LogP contribution in [0.2, 0.25) is 0 Å². The number of hydrogen-bond donors (Lipinski definition) is 1. The molecular weight excluding hydrogens is 412 g/mol. The number of halogens is 2. The molecule has 1 amide bonds. The van der Waals surface area contributed by atoms with Crippen molar-refractivity contribution in [3.63, 3.8) is 0 Å². The molecule has 1 heterocycles. The minimum atomic E-state index is -0.963. The number of benzene rings is 2. The summed E-state index contributed by atoms with van der Waals surface area (Å²) < 4.78 is 27.8. The van der Waals surface area contributed by atoms with Gasteiger partial charge in [0.25, 0.3) is 5.91 Å². The van der Waals surface area contributed by atoms with Crippen molar-refractivity contribution < 1.29 is 23.5 Å². The van der Waals surface area contributed by atoms with E-state index >= 15 is 0 Å². The summed E-state index contributed by atoms with van der Waals surface area (Å²) in [6.07, 6.45) is 4.84. The largest absolute Gasteiger partial charge is 0.478 e. The average Bonchev–Trinajstić information content (AvgIpc) is 2.74. The van der Waals surface area contributed by atoms with E-state index < -0.39 is 23.5 Å². The fourth-order valence-electron chi connectivity index (χ4n) is 5.19. The Kier molecular flexibility index (Phi) is 5.27. The van der Waals surface area contributed by atoms with Gasteiger partial charge >= 0.3 is 5.97 Å². The van der Waals surface area contributed by atoms with Gasteiger partial charge in [-0.1, -0.05) is 50.6 Å². The third-order valence-electron chi connectivity index (χ3n) is 6.70. The molecule has 0 spiro atoms. The lowest BCUT2D eigenvalue weighted by Gasteiger charge is -2.50. The Hall–Kier alpha value is -3.28. The molecule has 0 aromatic heterocycles. The number of amides is 1. The quantitative estimate of drug-likeness (QED) is 0.639. The van der Waals surface area contributed by atoms with Gasteiger partial charge in [0.1, 0.15) is 11.6 Å². The molecule has 1 N–H and O–H groups in total. The van der Waals surface area contributed by atoms with E-state index in [-0.39, 0.29) is 22.0 Å². The Morgan fingerprint density at radius 3 is 2.34 bits per heavy atom. The van der Waals surface area contributed by atoms with Crippen molar-refractivity contribution in [3.05, 3.63) is 88.5 Å². The molecule has 2 aliphatic rings. The first kappa shape index (κ1) is 21.9. The van der Waals surface area contributed by atoms with Crippen LogP contribution >= 0.6 is 0 Å². The van der Waals surface area contributed by atoms with Gasteiger partial charge in [0.2, 0.25) is 0 Å². The molecule has 0 saturated heterocycles. The van der Waals surface area contributed by atoms with E-state index in [1.165, 1.54) is 5.57 Å². The van der Waals surface area contributed by atoms with Crippen molar-refractivity contribution in [3.8, 4) is 0 Å². The summed E-state index contributed by atoms with van der Waals surface area (Å²) in [5.74, 6) is -2.85. The van der Waals surface area contributed by atoms with Crippen molar-refractivity contribution in [1.29, 1.82) is 0 Å². The van der Waals surface area contributed by atoms with Crippen molar-refractivity contribution in [1.82, 2.24) is 4.90 Å². The number of carbonyl (C=O) groups excluding carboxylic acids is 1. The van der Waals surface area contributed by atoms with Crippen LogP contribution in [0.15, 0.2) is 60.2 Å². The van der Waals surface area contributed by atoms with Crippen molar-refractivity contribution in [2.75, 3.05) is 13.1 Å². The summed E-state index contributed by atoms with van der Waals surface area (Å²) in [6, 6.07) is 9.78. The molecule has 6 heteroatoms. The first-order chi connectivity index (χ1) is 15.0. The number of aromatic carboxylic acids is 1. The molecule has 4 nitrogen and oxygen atoms in total. The van der Waals surface area contributed by atoms with Gasteiger partial charge in [-0.3, -0.25) is 4.79 Å². The lowest BCUT2D eigenvalue weighted by molar-refractivity contribution is 0.0674. The zero-order valence-corrected chi connectivity index (χ0v) is 18.3. The van der Waals surface area contributed by atoms with Gasteiger partial charge < -0.3 is 10.0 Å². The second-order valence-electron chi connectivity index (χ2n) is 9.32. The van der Waals surface area contributed by atoms with E-state index in [2.05, 4.69) is 26.8 Å². The Bertz CT molecular complexity index is 1160. The highest BCUT2D eigenvalue weighted by Crippen LogP contribution is 2.55. The van der Waals surface area contributed by atoms with Gasteiger partial charge in [0, 0.05) is 23.9 Å². The normalized spacial score (nSPS) is 22.0. The van der Waals surface area contributed by atoms with Gasteiger partial charge in [-0.2, -0.15) is 0 Å². The second kappa shape index (κ2) is 7.69. The van der Waals surface area contributed by atoms with E-state index in [9.17, 15) is 18.4 Å². The fraction of sp³-hybridized carbons (Fsp3) is 0.308. The van der Waals surface area contributed by atoms with E-state index in [1.807, 2.05) is 18.2 Å². The minimum Gasteiger partial charge on any atom is -0.478 e. The van der Waals surface area contributed by atoms with Gasteiger partial charge in [-0.05, 0) is 47.9 Å². The number of carboxylic acids is 1. The fourth-order valence-corrected chi connectivity index (χ4v) is 5.19. The number of allylic oxidation sites excluding steroid dienone is 2. The van der Waals surface area contributed by atoms with Crippen LogP contribution in [0.25, 0.3) is 5.57 Å². The molecule has 2 aromatic carbocycles. The lowest BCUT2D eigenvalue weighted by atomic mass is 9.58. The number of nitrogens with zero attached hydrogens (tertiary/aromatic N) is 1. The van der Waals surface area contributed by atoms with Crippen LogP contribution in [-0.2, 0) is 0 Å². The molecule has 0 bridgehead atoms. The van der Waals surface area contributed by atoms with E-state index in [4.69, 9.17) is 5.11 Å². The molecule has 0 saturated carbocycles. The molecule has 2 aromatic rings. The van der Waals surface area contributed by atoms with Gasteiger partial charge in [-0.15, -0.1) is 0 Å². The number of hydrogen-bond acceptors (Lipinski definition) is 2. The molecule has 0 unspecified atom stereocenters. The highest BCUT2D eigenvalue weighted by Gasteiger charge is 2.46. The van der Waals surface area contributed by atoms with Crippen molar-refractivity contribution in [2.45, 2.75) is 27.2 Å². The third kappa shape index (κ3) is 3.64. The van der Waals surface area contributed by atoms with Gasteiger partial charge in [-0.25, -0.2) is 13.6 Å². The van der Waals surface area contributed by atoms with Crippen LogP contribution in [0, 0.1) is 22.5 Å². The predicted molar refractivity (Wildman–Crippen MR) is 118 cm³/mol.